The van der Waals surface area contributed by atoms with Crippen molar-refractivity contribution in [2.75, 3.05) is 57.0 Å². The average Bonchev–Trinajstić information content (AvgIpc) is 3.53. The summed E-state index contributed by atoms with van der Waals surface area (Å²) in [7, 11) is 2.08. The van der Waals surface area contributed by atoms with Crippen LogP contribution >= 0.6 is 11.3 Å². The molecule has 38 heavy (non-hydrogen) atoms. The van der Waals surface area contributed by atoms with Crippen molar-refractivity contribution in [2.24, 2.45) is 0 Å². The van der Waals surface area contributed by atoms with Crippen LogP contribution in [0.2, 0.25) is 0 Å². The minimum Gasteiger partial charge on any atom is -0.462 e. The van der Waals surface area contributed by atoms with E-state index in [0.717, 1.165) is 62.5 Å². The monoisotopic (exact) mass is 539 g/mol. The number of nitrogens with zero attached hydrogens (tertiary/aromatic N) is 5. The lowest BCUT2D eigenvalue weighted by Crippen LogP contribution is -2.44. The van der Waals surface area contributed by atoms with Crippen LogP contribution in [0.3, 0.4) is 0 Å². The molecule has 2 fully saturated rings. The van der Waals surface area contributed by atoms with Crippen LogP contribution in [0.1, 0.15) is 25.3 Å². The molecule has 1 unspecified atom stereocenters. The highest BCUT2D eigenvalue weighted by Crippen LogP contribution is 2.41. The maximum atomic E-state index is 16.6. The fourth-order valence-corrected chi connectivity index (χ4v) is 6.31. The summed E-state index contributed by atoms with van der Waals surface area (Å²) in [5.41, 5.74) is 8.11. The van der Waals surface area contributed by atoms with Gasteiger partial charge in [-0.15, -0.1) is 0 Å². The molecule has 8 nitrogen and oxygen atoms in total. The van der Waals surface area contributed by atoms with E-state index in [4.69, 9.17) is 15.5 Å². The standard InChI is InChI=1S/C27H31F2N7OS/c1-3-15-13-18-22(21(29)20(15)17-6-7-19(28)24-23(17)32-26(30)38-24)33-27(37-14-16-5-4-10-35(16)2)34-25(18)36-11-8-31-9-12-36/h6-7,13,16,31H,3-5,8-12,14H2,1-2H3,(H2,30,32). The van der Waals surface area contributed by atoms with Crippen molar-refractivity contribution in [1.29, 1.82) is 0 Å². The van der Waals surface area contributed by atoms with Gasteiger partial charge in [0.15, 0.2) is 10.9 Å². The SMILES string of the molecule is CCc1cc2c(N3CCNCC3)nc(OCC3CCCN3C)nc2c(F)c1-c1ccc(F)c2sc(N)nc12. The highest BCUT2D eigenvalue weighted by Gasteiger charge is 2.26. The van der Waals surface area contributed by atoms with E-state index in [9.17, 15) is 4.39 Å². The summed E-state index contributed by atoms with van der Waals surface area (Å²) >= 11 is 1.06. The molecular weight excluding hydrogens is 508 g/mol. The van der Waals surface area contributed by atoms with Gasteiger partial charge in [0.2, 0.25) is 0 Å². The number of anilines is 2. The van der Waals surface area contributed by atoms with Crippen molar-refractivity contribution in [1.82, 2.24) is 25.2 Å². The van der Waals surface area contributed by atoms with Crippen molar-refractivity contribution >= 4 is 43.4 Å². The van der Waals surface area contributed by atoms with Gasteiger partial charge in [0.05, 0.1) is 10.2 Å². The number of aromatic nitrogens is 3. The third-order valence-corrected chi connectivity index (χ3v) is 8.52. The fourth-order valence-electron chi connectivity index (χ4n) is 5.55. The molecule has 2 aliphatic heterocycles. The molecule has 6 rings (SSSR count). The zero-order valence-electron chi connectivity index (χ0n) is 21.6. The predicted molar refractivity (Wildman–Crippen MR) is 148 cm³/mol. The average molecular weight is 540 g/mol. The number of halogens is 2. The lowest BCUT2D eigenvalue weighted by Gasteiger charge is -2.30. The number of likely N-dealkylation sites (tertiary alicyclic amines) is 1. The van der Waals surface area contributed by atoms with Gasteiger partial charge in [0.25, 0.3) is 0 Å². The van der Waals surface area contributed by atoms with Crippen LogP contribution in [0.15, 0.2) is 18.2 Å². The van der Waals surface area contributed by atoms with E-state index in [1.165, 1.54) is 6.07 Å². The summed E-state index contributed by atoms with van der Waals surface area (Å²) < 4.78 is 37.6. The van der Waals surface area contributed by atoms with E-state index >= 15 is 4.39 Å². The van der Waals surface area contributed by atoms with Crippen LogP contribution in [-0.4, -0.2) is 72.3 Å². The molecule has 200 valence electrons. The minimum absolute atomic E-state index is 0.169. The molecule has 0 saturated carbocycles. The first kappa shape index (κ1) is 25.1. The van der Waals surface area contributed by atoms with Crippen LogP contribution in [-0.2, 0) is 6.42 Å². The zero-order chi connectivity index (χ0) is 26.4. The Kier molecular flexibility index (Phi) is 6.75. The van der Waals surface area contributed by atoms with Crippen molar-refractivity contribution in [2.45, 2.75) is 32.2 Å². The summed E-state index contributed by atoms with van der Waals surface area (Å²) in [4.78, 5) is 18.2. The number of hydrogen-bond donors (Lipinski definition) is 2. The highest BCUT2D eigenvalue weighted by molar-refractivity contribution is 7.22. The van der Waals surface area contributed by atoms with Gasteiger partial charge in [-0.1, -0.05) is 18.3 Å². The summed E-state index contributed by atoms with van der Waals surface area (Å²) in [6.45, 7) is 6.58. The largest absolute Gasteiger partial charge is 0.462 e. The first-order chi connectivity index (χ1) is 18.4. The van der Waals surface area contributed by atoms with Crippen LogP contribution in [0.4, 0.5) is 19.7 Å². The van der Waals surface area contributed by atoms with E-state index < -0.39 is 11.6 Å². The number of benzene rings is 2. The highest BCUT2D eigenvalue weighted by atomic mass is 32.1. The number of likely N-dealkylation sites (N-methyl/N-ethyl adjacent to an activating group) is 1. The fraction of sp³-hybridized carbons (Fsp3) is 0.444. The van der Waals surface area contributed by atoms with Gasteiger partial charge in [-0.2, -0.15) is 9.97 Å². The molecule has 0 spiro atoms. The molecule has 4 heterocycles. The van der Waals surface area contributed by atoms with E-state index in [2.05, 4.69) is 32.1 Å². The van der Waals surface area contributed by atoms with E-state index in [0.29, 0.717) is 45.6 Å². The van der Waals surface area contributed by atoms with E-state index in [1.807, 2.05) is 13.0 Å². The quantitative estimate of drug-likeness (QED) is 0.377. The first-order valence-corrected chi connectivity index (χ1v) is 13.9. The number of rotatable bonds is 6. The zero-order valence-corrected chi connectivity index (χ0v) is 22.4. The van der Waals surface area contributed by atoms with Gasteiger partial charge in [0, 0.05) is 48.7 Å². The van der Waals surface area contributed by atoms with Crippen molar-refractivity contribution in [3.8, 4) is 17.1 Å². The number of nitrogen functional groups attached to an aromatic ring is 1. The second kappa shape index (κ2) is 10.2. The third-order valence-electron chi connectivity index (χ3n) is 7.63. The van der Waals surface area contributed by atoms with E-state index in [-0.39, 0.29) is 22.7 Å². The molecule has 2 aliphatic rings. The number of ether oxygens (including phenoxy) is 1. The van der Waals surface area contributed by atoms with Crippen LogP contribution in [0, 0.1) is 11.6 Å². The van der Waals surface area contributed by atoms with Crippen LogP contribution in [0.25, 0.3) is 32.2 Å². The molecule has 11 heteroatoms. The van der Waals surface area contributed by atoms with Gasteiger partial charge in [-0.3, -0.25) is 0 Å². The Morgan fingerprint density at radius 1 is 1.13 bits per heavy atom. The number of piperazine rings is 1. The number of fused-ring (bicyclic) bond motifs is 2. The number of nitrogens with two attached hydrogens (primary N) is 1. The molecule has 2 aromatic heterocycles. The number of aryl methyl sites for hydroxylation is 1. The number of hydrogen-bond acceptors (Lipinski definition) is 9. The summed E-state index contributed by atoms with van der Waals surface area (Å²) in [5.74, 6) is -0.234. The molecule has 0 aliphatic carbocycles. The number of nitrogens with one attached hydrogen (secondary N) is 1. The Labute approximate surface area is 223 Å². The Morgan fingerprint density at radius 2 is 1.95 bits per heavy atom. The van der Waals surface area contributed by atoms with Gasteiger partial charge in [-0.25, -0.2) is 13.8 Å². The third kappa shape index (κ3) is 4.42. The van der Waals surface area contributed by atoms with E-state index in [1.54, 1.807) is 6.07 Å². The molecule has 0 bridgehead atoms. The first-order valence-electron chi connectivity index (χ1n) is 13.1. The molecule has 3 N–H and O–H groups in total. The topological polar surface area (TPSA) is 92.4 Å². The Bertz CT molecular complexity index is 1500. The maximum absolute atomic E-state index is 16.6. The summed E-state index contributed by atoms with van der Waals surface area (Å²) in [5, 5.41) is 4.24. The lowest BCUT2D eigenvalue weighted by atomic mass is 9.94. The van der Waals surface area contributed by atoms with Gasteiger partial charge in [-0.05, 0) is 56.6 Å². The van der Waals surface area contributed by atoms with Crippen LogP contribution < -0.4 is 20.7 Å². The predicted octanol–water partition coefficient (Wildman–Crippen LogP) is 4.21. The van der Waals surface area contributed by atoms with Crippen molar-refractivity contribution < 1.29 is 13.5 Å². The van der Waals surface area contributed by atoms with Gasteiger partial charge >= 0.3 is 6.01 Å². The van der Waals surface area contributed by atoms with Gasteiger partial charge in [0.1, 0.15) is 23.8 Å². The second-order valence-corrected chi connectivity index (χ2v) is 11.0. The molecule has 4 aromatic rings. The summed E-state index contributed by atoms with van der Waals surface area (Å²) in [6, 6.07) is 5.33. The molecule has 0 radical (unpaired) electrons. The summed E-state index contributed by atoms with van der Waals surface area (Å²) in [6.07, 6.45) is 2.73. The number of thiazole rings is 1. The molecule has 0 amide bonds. The maximum Gasteiger partial charge on any atom is 0.319 e. The van der Waals surface area contributed by atoms with Crippen molar-refractivity contribution in [3.05, 3.63) is 35.4 Å². The van der Waals surface area contributed by atoms with Crippen LogP contribution in [0.5, 0.6) is 6.01 Å². The molecule has 1 atom stereocenters. The normalized spacial score (nSPS) is 18.6. The second-order valence-electron chi connectivity index (χ2n) is 9.95. The Morgan fingerprint density at radius 3 is 2.68 bits per heavy atom. The Balaban J connectivity index is 1.53. The molecule has 2 aromatic carbocycles. The lowest BCUT2D eigenvalue weighted by molar-refractivity contribution is 0.188. The Hall–Kier alpha value is -3.15. The molecule has 2 saturated heterocycles. The van der Waals surface area contributed by atoms with Gasteiger partial charge < -0.3 is 25.6 Å². The van der Waals surface area contributed by atoms with Crippen molar-refractivity contribution in [3.63, 3.8) is 0 Å². The minimum atomic E-state index is -0.486. The smallest absolute Gasteiger partial charge is 0.319 e. The molecular formula is C27H31F2N7OS.